The zero-order chi connectivity index (χ0) is 15.1. The monoisotopic (exact) mass is 304 g/mol. The van der Waals surface area contributed by atoms with Crippen LogP contribution in [0.25, 0.3) is 0 Å². The second-order valence-corrected chi connectivity index (χ2v) is 5.81. The summed E-state index contributed by atoms with van der Waals surface area (Å²) in [4.78, 5) is 4.23. The first kappa shape index (κ1) is 15.8. The van der Waals surface area contributed by atoms with Crippen LogP contribution >= 0.6 is 11.6 Å². The van der Waals surface area contributed by atoms with Crippen molar-refractivity contribution in [3.63, 3.8) is 0 Å². The summed E-state index contributed by atoms with van der Waals surface area (Å²) >= 11 is 6.11. The number of pyridine rings is 1. The van der Waals surface area contributed by atoms with E-state index in [2.05, 4.69) is 24.1 Å². The minimum absolute atomic E-state index is 0.426. The molecule has 0 saturated heterocycles. The van der Waals surface area contributed by atoms with E-state index >= 15 is 0 Å². The van der Waals surface area contributed by atoms with Crippen molar-refractivity contribution in [3.8, 4) is 5.88 Å². The van der Waals surface area contributed by atoms with Crippen LogP contribution in [-0.2, 0) is 13.2 Å². The topological polar surface area (TPSA) is 34.2 Å². The molecule has 0 bridgehead atoms. The second kappa shape index (κ2) is 8.01. The van der Waals surface area contributed by atoms with Crippen LogP contribution in [-0.4, -0.2) is 11.5 Å². The molecular weight excluding hydrogens is 284 g/mol. The number of hydrogen-bond acceptors (Lipinski definition) is 3. The van der Waals surface area contributed by atoms with E-state index in [4.69, 9.17) is 16.3 Å². The first-order chi connectivity index (χ1) is 10.1. The van der Waals surface area contributed by atoms with Crippen molar-refractivity contribution in [2.24, 2.45) is 5.92 Å². The third kappa shape index (κ3) is 5.37. The van der Waals surface area contributed by atoms with Crippen molar-refractivity contribution in [2.45, 2.75) is 27.0 Å². The molecule has 2 rings (SSSR count). The van der Waals surface area contributed by atoms with Gasteiger partial charge in [0.05, 0.1) is 0 Å². The van der Waals surface area contributed by atoms with Gasteiger partial charge >= 0.3 is 0 Å². The van der Waals surface area contributed by atoms with Gasteiger partial charge in [0.15, 0.2) is 0 Å². The Morgan fingerprint density at radius 3 is 2.81 bits per heavy atom. The lowest BCUT2D eigenvalue weighted by Crippen LogP contribution is -2.18. The molecule has 4 heteroatoms. The van der Waals surface area contributed by atoms with Gasteiger partial charge in [0, 0.05) is 29.4 Å². The van der Waals surface area contributed by atoms with Crippen molar-refractivity contribution in [3.05, 3.63) is 58.7 Å². The molecular formula is C17H21ClN2O. The lowest BCUT2D eigenvalue weighted by Gasteiger charge is -2.10. The molecule has 0 aliphatic carbocycles. The number of nitrogens with zero attached hydrogens (tertiary/aromatic N) is 1. The molecule has 1 aromatic heterocycles. The molecule has 0 radical (unpaired) electrons. The molecule has 0 spiro atoms. The molecule has 0 amide bonds. The fourth-order valence-electron chi connectivity index (χ4n) is 1.91. The van der Waals surface area contributed by atoms with E-state index in [9.17, 15) is 0 Å². The van der Waals surface area contributed by atoms with E-state index in [0.29, 0.717) is 23.4 Å². The molecule has 0 atom stereocenters. The van der Waals surface area contributed by atoms with Gasteiger partial charge in [0.25, 0.3) is 0 Å². The summed E-state index contributed by atoms with van der Waals surface area (Å²) in [5, 5.41) is 4.12. The van der Waals surface area contributed by atoms with Gasteiger partial charge in [0.1, 0.15) is 6.61 Å². The zero-order valence-corrected chi connectivity index (χ0v) is 13.2. The van der Waals surface area contributed by atoms with Crippen molar-refractivity contribution >= 4 is 11.6 Å². The van der Waals surface area contributed by atoms with Gasteiger partial charge in [-0.25, -0.2) is 4.98 Å². The minimum atomic E-state index is 0.426. The number of halogens is 1. The van der Waals surface area contributed by atoms with E-state index in [1.165, 1.54) is 5.56 Å². The first-order valence-electron chi connectivity index (χ1n) is 7.17. The highest BCUT2D eigenvalue weighted by atomic mass is 35.5. The quantitative estimate of drug-likeness (QED) is 0.837. The summed E-state index contributed by atoms with van der Waals surface area (Å²) in [5.74, 6) is 1.27. The highest BCUT2D eigenvalue weighted by Crippen LogP contribution is 2.17. The van der Waals surface area contributed by atoms with Crippen LogP contribution < -0.4 is 10.1 Å². The summed E-state index contributed by atoms with van der Waals surface area (Å²) in [6.07, 6.45) is 1.77. The molecule has 0 saturated carbocycles. The Bertz CT molecular complexity index is 572. The van der Waals surface area contributed by atoms with E-state index in [-0.39, 0.29) is 0 Å². The largest absolute Gasteiger partial charge is 0.473 e. The van der Waals surface area contributed by atoms with Crippen LogP contribution in [0.3, 0.4) is 0 Å². The smallest absolute Gasteiger partial charge is 0.213 e. The Hall–Kier alpha value is -1.58. The Kier molecular flexibility index (Phi) is 6.03. The number of aromatic nitrogens is 1. The maximum atomic E-state index is 6.11. The lowest BCUT2D eigenvalue weighted by atomic mass is 10.2. The van der Waals surface area contributed by atoms with Gasteiger partial charge in [-0.2, -0.15) is 0 Å². The van der Waals surface area contributed by atoms with Crippen molar-refractivity contribution < 1.29 is 4.74 Å². The number of benzene rings is 1. The van der Waals surface area contributed by atoms with E-state index in [1.54, 1.807) is 6.20 Å². The zero-order valence-electron chi connectivity index (χ0n) is 12.5. The van der Waals surface area contributed by atoms with Crippen LogP contribution in [0.2, 0.25) is 5.02 Å². The molecule has 1 aromatic carbocycles. The maximum absolute atomic E-state index is 6.11. The molecule has 112 valence electrons. The minimum Gasteiger partial charge on any atom is -0.473 e. The van der Waals surface area contributed by atoms with Gasteiger partial charge in [-0.3, -0.25) is 0 Å². The molecule has 1 heterocycles. The normalized spacial score (nSPS) is 10.9. The van der Waals surface area contributed by atoms with Gasteiger partial charge in [0.2, 0.25) is 5.88 Å². The summed E-state index contributed by atoms with van der Waals surface area (Å²) in [6, 6.07) is 11.6. The van der Waals surface area contributed by atoms with Crippen molar-refractivity contribution in [1.29, 1.82) is 0 Å². The molecule has 3 nitrogen and oxygen atoms in total. The van der Waals surface area contributed by atoms with E-state index in [1.807, 2.05) is 36.4 Å². The second-order valence-electron chi connectivity index (χ2n) is 5.41. The van der Waals surface area contributed by atoms with Crippen LogP contribution in [0.15, 0.2) is 42.6 Å². The van der Waals surface area contributed by atoms with E-state index < -0.39 is 0 Å². The summed E-state index contributed by atoms with van der Waals surface area (Å²) in [7, 11) is 0. The molecule has 2 aromatic rings. The Morgan fingerprint density at radius 2 is 2.05 bits per heavy atom. The molecule has 0 fully saturated rings. The van der Waals surface area contributed by atoms with Crippen molar-refractivity contribution in [2.75, 3.05) is 6.54 Å². The highest BCUT2D eigenvalue weighted by molar-refractivity contribution is 6.31. The predicted octanol–water partition coefficient (Wildman–Crippen LogP) is 4.06. The molecule has 0 aliphatic heterocycles. The van der Waals surface area contributed by atoms with Crippen LogP contribution in [0.4, 0.5) is 0 Å². The Labute approximate surface area is 131 Å². The van der Waals surface area contributed by atoms with Gasteiger partial charge in [-0.15, -0.1) is 0 Å². The summed E-state index contributed by atoms with van der Waals surface area (Å²) in [5.41, 5.74) is 2.13. The average Bonchev–Trinajstić information content (AvgIpc) is 2.46. The Balaban J connectivity index is 1.90. The first-order valence-corrected chi connectivity index (χ1v) is 7.55. The third-order valence-corrected chi connectivity index (χ3v) is 3.38. The molecule has 21 heavy (non-hydrogen) atoms. The maximum Gasteiger partial charge on any atom is 0.213 e. The number of rotatable bonds is 7. The molecule has 0 aliphatic rings. The standard InChI is InChI=1S/C17H21ClN2O/c1-13(2)10-19-11-14-7-8-20-17(9-14)21-12-15-5-3-4-6-16(15)18/h3-9,13,19H,10-12H2,1-2H3. The van der Waals surface area contributed by atoms with Gasteiger partial charge < -0.3 is 10.1 Å². The average molecular weight is 305 g/mol. The molecule has 0 unspecified atom stereocenters. The van der Waals surface area contributed by atoms with Crippen LogP contribution in [0.5, 0.6) is 5.88 Å². The lowest BCUT2D eigenvalue weighted by molar-refractivity contribution is 0.293. The summed E-state index contributed by atoms with van der Waals surface area (Å²) in [6.45, 7) is 6.63. The molecule has 1 N–H and O–H groups in total. The third-order valence-electron chi connectivity index (χ3n) is 3.01. The number of ether oxygens (including phenoxy) is 1. The van der Waals surface area contributed by atoms with Crippen molar-refractivity contribution in [1.82, 2.24) is 10.3 Å². The van der Waals surface area contributed by atoms with E-state index in [0.717, 1.165) is 18.7 Å². The predicted molar refractivity (Wildman–Crippen MR) is 86.6 cm³/mol. The fraction of sp³-hybridized carbons (Fsp3) is 0.353. The van der Waals surface area contributed by atoms with Crippen LogP contribution in [0, 0.1) is 5.92 Å². The fourth-order valence-corrected chi connectivity index (χ4v) is 2.10. The SMILES string of the molecule is CC(C)CNCc1ccnc(OCc2ccccc2Cl)c1. The Morgan fingerprint density at radius 1 is 1.24 bits per heavy atom. The number of hydrogen-bond donors (Lipinski definition) is 1. The number of nitrogens with one attached hydrogen (secondary N) is 1. The van der Waals surface area contributed by atoms with Gasteiger partial charge in [-0.05, 0) is 30.2 Å². The van der Waals surface area contributed by atoms with Crippen LogP contribution in [0.1, 0.15) is 25.0 Å². The summed E-state index contributed by atoms with van der Waals surface area (Å²) < 4.78 is 5.72. The highest BCUT2D eigenvalue weighted by Gasteiger charge is 2.03. The van der Waals surface area contributed by atoms with Gasteiger partial charge in [-0.1, -0.05) is 43.6 Å².